The highest BCUT2D eigenvalue weighted by molar-refractivity contribution is 7.88. The molecular weight excluding hydrogens is 284 g/mol. The van der Waals surface area contributed by atoms with Gasteiger partial charge in [0.25, 0.3) is 0 Å². The van der Waals surface area contributed by atoms with Crippen LogP contribution in [0.2, 0.25) is 0 Å². The Labute approximate surface area is 128 Å². The topological polar surface area (TPSA) is 49.4 Å². The molecule has 0 bridgehead atoms. The van der Waals surface area contributed by atoms with Gasteiger partial charge in [0.2, 0.25) is 10.0 Å². The maximum absolute atomic E-state index is 11.5. The van der Waals surface area contributed by atoms with Crippen LogP contribution in [0.4, 0.5) is 0 Å². The van der Waals surface area contributed by atoms with E-state index in [0.29, 0.717) is 25.2 Å². The number of piperidine rings is 1. The largest absolute Gasteiger partial charge is 0.307 e. The molecule has 5 heteroatoms. The van der Waals surface area contributed by atoms with Crippen LogP contribution in [0.15, 0.2) is 24.3 Å². The summed E-state index contributed by atoms with van der Waals surface area (Å²) in [4.78, 5) is 0. The lowest BCUT2D eigenvalue weighted by molar-refractivity contribution is 0.272. The molecule has 0 saturated carbocycles. The van der Waals surface area contributed by atoms with Crippen molar-refractivity contribution in [2.24, 2.45) is 0 Å². The minimum absolute atomic E-state index is 0.348. The van der Waals surface area contributed by atoms with Crippen molar-refractivity contribution in [1.29, 1.82) is 0 Å². The molecule has 1 atom stereocenters. The monoisotopic (exact) mass is 310 g/mol. The van der Waals surface area contributed by atoms with E-state index in [4.69, 9.17) is 0 Å². The minimum Gasteiger partial charge on any atom is -0.307 e. The summed E-state index contributed by atoms with van der Waals surface area (Å²) in [5.41, 5.74) is 2.59. The molecule has 1 aliphatic heterocycles. The second-order valence-electron chi connectivity index (χ2n) is 5.97. The van der Waals surface area contributed by atoms with Gasteiger partial charge in [0.05, 0.1) is 6.26 Å². The van der Waals surface area contributed by atoms with Crippen LogP contribution >= 0.6 is 0 Å². The Morgan fingerprint density at radius 2 is 1.81 bits per heavy atom. The Morgan fingerprint density at radius 1 is 1.24 bits per heavy atom. The maximum Gasteiger partial charge on any atom is 0.211 e. The predicted molar refractivity (Wildman–Crippen MR) is 86.8 cm³/mol. The fourth-order valence-corrected chi connectivity index (χ4v) is 3.76. The molecule has 2 rings (SSSR count). The molecule has 1 heterocycles. The fourth-order valence-electron chi connectivity index (χ4n) is 2.89. The van der Waals surface area contributed by atoms with Crippen molar-refractivity contribution in [2.45, 2.75) is 45.2 Å². The summed E-state index contributed by atoms with van der Waals surface area (Å²) in [6.07, 6.45) is 4.10. The van der Waals surface area contributed by atoms with Crippen molar-refractivity contribution in [3.63, 3.8) is 0 Å². The fraction of sp³-hybridized carbons (Fsp3) is 0.625. The summed E-state index contributed by atoms with van der Waals surface area (Å²) in [6.45, 7) is 5.53. The van der Waals surface area contributed by atoms with Crippen molar-refractivity contribution in [3.8, 4) is 0 Å². The zero-order chi connectivity index (χ0) is 15.5. The highest BCUT2D eigenvalue weighted by Crippen LogP contribution is 2.21. The summed E-state index contributed by atoms with van der Waals surface area (Å²) in [5.74, 6) is 0. The van der Waals surface area contributed by atoms with Gasteiger partial charge in [0, 0.05) is 25.2 Å². The number of nitrogens with one attached hydrogen (secondary N) is 1. The van der Waals surface area contributed by atoms with E-state index in [1.165, 1.54) is 17.4 Å². The van der Waals surface area contributed by atoms with Gasteiger partial charge in [-0.3, -0.25) is 0 Å². The number of rotatable bonds is 5. The van der Waals surface area contributed by atoms with Gasteiger partial charge in [-0.25, -0.2) is 12.7 Å². The second kappa shape index (κ2) is 6.90. The molecule has 1 aromatic rings. The summed E-state index contributed by atoms with van der Waals surface area (Å²) in [5, 5.41) is 3.69. The lowest BCUT2D eigenvalue weighted by Gasteiger charge is -2.33. The van der Waals surface area contributed by atoms with Gasteiger partial charge in [-0.1, -0.05) is 36.8 Å². The van der Waals surface area contributed by atoms with Crippen molar-refractivity contribution >= 4 is 10.0 Å². The number of benzene rings is 1. The first-order valence-corrected chi connectivity index (χ1v) is 9.52. The molecule has 0 radical (unpaired) electrons. The Bertz CT molecular complexity index is 546. The molecule has 0 aromatic heterocycles. The first kappa shape index (κ1) is 16.5. The van der Waals surface area contributed by atoms with E-state index in [9.17, 15) is 8.42 Å². The zero-order valence-corrected chi connectivity index (χ0v) is 14.0. The summed E-state index contributed by atoms with van der Waals surface area (Å²) in [7, 11) is -3.03. The van der Waals surface area contributed by atoms with E-state index in [1.54, 1.807) is 4.31 Å². The standard InChI is InChI=1S/C16H26N2O2S/c1-4-16(14-7-5-13(2)6-8-14)17-15-9-11-18(12-10-15)21(3,19)20/h5-8,15-17H,4,9-12H2,1-3H3. The lowest BCUT2D eigenvalue weighted by Crippen LogP contribution is -2.45. The summed E-state index contributed by atoms with van der Waals surface area (Å²) >= 11 is 0. The highest BCUT2D eigenvalue weighted by atomic mass is 32.2. The van der Waals surface area contributed by atoms with Crippen molar-refractivity contribution in [2.75, 3.05) is 19.3 Å². The molecule has 1 unspecified atom stereocenters. The third-order valence-electron chi connectivity index (χ3n) is 4.25. The maximum atomic E-state index is 11.5. The van der Waals surface area contributed by atoms with Crippen molar-refractivity contribution in [3.05, 3.63) is 35.4 Å². The van der Waals surface area contributed by atoms with E-state index in [2.05, 4.69) is 43.4 Å². The normalized spacial score (nSPS) is 19.6. The van der Waals surface area contributed by atoms with Crippen LogP contribution in [0.1, 0.15) is 43.4 Å². The van der Waals surface area contributed by atoms with Crippen LogP contribution in [0.25, 0.3) is 0 Å². The number of hydrogen-bond acceptors (Lipinski definition) is 3. The Morgan fingerprint density at radius 3 is 2.29 bits per heavy atom. The number of hydrogen-bond donors (Lipinski definition) is 1. The summed E-state index contributed by atoms with van der Waals surface area (Å²) in [6, 6.07) is 9.40. The molecule has 0 amide bonds. The smallest absolute Gasteiger partial charge is 0.211 e. The third kappa shape index (κ3) is 4.53. The van der Waals surface area contributed by atoms with E-state index in [1.807, 2.05) is 0 Å². The lowest BCUT2D eigenvalue weighted by atomic mass is 9.99. The van der Waals surface area contributed by atoms with Gasteiger partial charge < -0.3 is 5.32 Å². The van der Waals surface area contributed by atoms with Gasteiger partial charge in [0.1, 0.15) is 0 Å². The van der Waals surface area contributed by atoms with Crippen LogP contribution in [-0.4, -0.2) is 38.1 Å². The zero-order valence-electron chi connectivity index (χ0n) is 13.2. The molecule has 21 heavy (non-hydrogen) atoms. The van der Waals surface area contributed by atoms with Crippen LogP contribution in [0.5, 0.6) is 0 Å². The highest BCUT2D eigenvalue weighted by Gasteiger charge is 2.26. The molecule has 1 aliphatic rings. The number of sulfonamides is 1. The molecule has 4 nitrogen and oxygen atoms in total. The molecule has 1 N–H and O–H groups in total. The van der Waals surface area contributed by atoms with Gasteiger partial charge in [-0.05, 0) is 31.7 Å². The van der Waals surface area contributed by atoms with Gasteiger partial charge in [-0.2, -0.15) is 0 Å². The van der Waals surface area contributed by atoms with Crippen molar-refractivity contribution < 1.29 is 8.42 Å². The SMILES string of the molecule is CCC(NC1CCN(S(C)(=O)=O)CC1)c1ccc(C)cc1. The Kier molecular flexibility index (Phi) is 5.41. The number of nitrogens with zero attached hydrogens (tertiary/aromatic N) is 1. The van der Waals surface area contributed by atoms with Crippen molar-refractivity contribution in [1.82, 2.24) is 9.62 Å². The van der Waals surface area contributed by atoms with Gasteiger partial charge in [-0.15, -0.1) is 0 Å². The molecular formula is C16H26N2O2S. The predicted octanol–water partition coefficient (Wildman–Crippen LogP) is 2.46. The average molecular weight is 310 g/mol. The minimum atomic E-state index is -3.03. The second-order valence-corrected chi connectivity index (χ2v) is 7.96. The van der Waals surface area contributed by atoms with E-state index in [0.717, 1.165) is 19.3 Å². The first-order valence-electron chi connectivity index (χ1n) is 7.68. The Hall–Kier alpha value is -0.910. The molecule has 1 fully saturated rings. The molecule has 0 aliphatic carbocycles. The van der Waals surface area contributed by atoms with Gasteiger partial charge in [0.15, 0.2) is 0 Å². The third-order valence-corrected chi connectivity index (χ3v) is 5.55. The summed E-state index contributed by atoms with van der Waals surface area (Å²) < 4.78 is 24.6. The van der Waals surface area contributed by atoms with Crippen LogP contribution in [0.3, 0.4) is 0 Å². The van der Waals surface area contributed by atoms with E-state index in [-0.39, 0.29) is 0 Å². The Balaban J connectivity index is 1.93. The van der Waals surface area contributed by atoms with E-state index >= 15 is 0 Å². The molecule has 118 valence electrons. The van der Waals surface area contributed by atoms with Gasteiger partial charge >= 0.3 is 0 Å². The van der Waals surface area contributed by atoms with Crippen LogP contribution < -0.4 is 5.32 Å². The number of aryl methyl sites for hydroxylation is 1. The first-order chi connectivity index (χ1) is 9.90. The molecule has 1 aromatic carbocycles. The van der Waals surface area contributed by atoms with Crippen LogP contribution in [-0.2, 0) is 10.0 Å². The quantitative estimate of drug-likeness (QED) is 0.909. The average Bonchev–Trinajstić information content (AvgIpc) is 2.45. The van der Waals surface area contributed by atoms with Crippen LogP contribution in [0, 0.1) is 6.92 Å². The van der Waals surface area contributed by atoms with E-state index < -0.39 is 10.0 Å². The molecule has 1 saturated heterocycles. The molecule has 0 spiro atoms.